The largest absolute Gasteiger partial charge is 0.480 e. The van der Waals surface area contributed by atoms with Gasteiger partial charge in [-0.25, -0.2) is 4.98 Å². The molecule has 0 radical (unpaired) electrons. The third-order valence-corrected chi connectivity index (χ3v) is 3.16. The Morgan fingerprint density at radius 1 is 1.58 bits per heavy atom. The van der Waals surface area contributed by atoms with E-state index >= 15 is 0 Å². The normalized spacial score (nSPS) is 21.5. The van der Waals surface area contributed by atoms with Gasteiger partial charge < -0.3 is 14.3 Å². The summed E-state index contributed by atoms with van der Waals surface area (Å²) in [6.45, 7) is 7.86. The van der Waals surface area contributed by atoms with Crippen molar-refractivity contribution < 1.29 is 19.1 Å². The van der Waals surface area contributed by atoms with E-state index in [-0.39, 0.29) is 12.0 Å². The summed E-state index contributed by atoms with van der Waals surface area (Å²) < 4.78 is 10.9. The number of rotatable bonds is 3. The number of carboxylic acid groups (broad SMARTS) is 1. The van der Waals surface area contributed by atoms with Gasteiger partial charge in [-0.05, 0) is 0 Å². The van der Waals surface area contributed by atoms with Crippen LogP contribution in [-0.4, -0.2) is 46.8 Å². The molecule has 1 N–H and O–H groups in total. The number of nitrogens with zero attached hydrogens (tertiary/aromatic N) is 2. The van der Waals surface area contributed by atoms with Gasteiger partial charge in [0.1, 0.15) is 11.8 Å². The highest BCUT2D eigenvalue weighted by atomic mass is 16.5. The van der Waals surface area contributed by atoms with Crippen LogP contribution in [0.3, 0.4) is 0 Å². The molecule has 1 aliphatic rings. The Morgan fingerprint density at radius 3 is 2.89 bits per heavy atom. The van der Waals surface area contributed by atoms with Crippen LogP contribution in [0.2, 0.25) is 0 Å². The van der Waals surface area contributed by atoms with Gasteiger partial charge in [0.15, 0.2) is 0 Å². The Bertz CT molecular complexity index is 450. The summed E-state index contributed by atoms with van der Waals surface area (Å²) in [5, 5.41) is 9.15. The Balaban J connectivity index is 2.07. The number of carboxylic acids is 1. The minimum atomic E-state index is -0.873. The second kappa shape index (κ2) is 5.30. The fourth-order valence-corrected chi connectivity index (χ4v) is 1.96. The highest BCUT2D eigenvalue weighted by molar-refractivity contribution is 5.73. The summed E-state index contributed by atoms with van der Waals surface area (Å²) in [5.74, 6) is 0.489. The molecule has 6 heteroatoms. The lowest BCUT2D eigenvalue weighted by Crippen LogP contribution is -2.49. The van der Waals surface area contributed by atoms with Crippen LogP contribution in [0.4, 0.5) is 0 Å². The Labute approximate surface area is 112 Å². The van der Waals surface area contributed by atoms with Crippen LogP contribution >= 0.6 is 0 Å². The molecule has 0 amide bonds. The second-order valence-corrected chi connectivity index (χ2v) is 5.77. The highest BCUT2D eigenvalue weighted by Gasteiger charge is 2.30. The molecular weight excluding hydrogens is 248 g/mol. The molecule has 0 aliphatic carbocycles. The SMILES string of the molecule is CC(C)(C)c1cnc(CN2CCOCC2C(=O)O)o1. The number of hydrogen-bond donors (Lipinski definition) is 1. The number of aromatic nitrogens is 1. The van der Waals surface area contributed by atoms with Gasteiger partial charge in [-0.2, -0.15) is 0 Å². The smallest absolute Gasteiger partial charge is 0.323 e. The van der Waals surface area contributed by atoms with E-state index in [1.807, 2.05) is 25.7 Å². The minimum Gasteiger partial charge on any atom is -0.480 e. The van der Waals surface area contributed by atoms with Crippen molar-refractivity contribution in [2.75, 3.05) is 19.8 Å². The molecule has 19 heavy (non-hydrogen) atoms. The first-order valence-corrected chi connectivity index (χ1v) is 6.37. The molecule has 0 saturated carbocycles. The van der Waals surface area contributed by atoms with E-state index in [9.17, 15) is 4.79 Å². The van der Waals surface area contributed by atoms with E-state index in [4.69, 9.17) is 14.3 Å². The summed E-state index contributed by atoms with van der Waals surface area (Å²) in [6.07, 6.45) is 1.71. The van der Waals surface area contributed by atoms with Crippen LogP contribution in [0, 0.1) is 0 Å². The van der Waals surface area contributed by atoms with Gasteiger partial charge >= 0.3 is 5.97 Å². The lowest BCUT2D eigenvalue weighted by molar-refractivity contribution is -0.150. The number of ether oxygens (including phenoxy) is 1. The van der Waals surface area contributed by atoms with Crippen molar-refractivity contribution in [1.29, 1.82) is 0 Å². The Morgan fingerprint density at radius 2 is 2.32 bits per heavy atom. The predicted molar refractivity (Wildman–Crippen MR) is 67.9 cm³/mol. The summed E-state index contributed by atoms with van der Waals surface area (Å²) in [6, 6.07) is -0.626. The molecule has 6 nitrogen and oxygen atoms in total. The quantitative estimate of drug-likeness (QED) is 0.889. The van der Waals surface area contributed by atoms with Gasteiger partial charge in [0.2, 0.25) is 5.89 Å². The van der Waals surface area contributed by atoms with E-state index in [0.29, 0.717) is 25.6 Å². The number of aliphatic carboxylic acids is 1. The predicted octanol–water partition coefficient (Wildman–Crippen LogP) is 1.26. The highest BCUT2D eigenvalue weighted by Crippen LogP contribution is 2.23. The summed E-state index contributed by atoms with van der Waals surface area (Å²) >= 11 is 0. The zero-order chi connectivity index (χ0) is 14.0. The van der Waals surface area contributed by atoms with Crippen molar-refractivity contribution >= 4 is 5.97 Å². The fourth-order valence-electron chi connectivity index (χ4n) is 1.96. The van der Waals surface area contributed by atoms with Crippen LogP contribution in [0.1, 0.15) is 32.4 Å². The first-order chi connectivity index (χ1) is 8.88. The van der Waals surface area contributed by atoms with Gasteiger partial charge in [-0.15, -0.1) is 0 Å². The van der Waals surface area contributed by atoms with E-state index in [2.05, 4.69) is 4.98 Å². The Hall–Kier alpha value is -1.40. The molecule has 2 heterocycles. The summed E-state index contributed by atoms with van der Waals surface area (Å²) in [5.41, 5.74) is -0.0948. The number of hydrogen-bond acceptors (Lipinski definition) is 5. The van der Waals surface area contributed by atoms with Crippen LogP contribution in [0.5, 0.6) is 0 Å². The average molecular weight is 268 g/mol. The third kappa shape index (κ3) is 3.33. The van der Waals surface area contributed by atoms with Gasteiger partial charge in [-0.3, -0.25) is 9.69 Å². The molecule has 1 atom stereocenters. The molecule has 1 saturated heterocycles. The third-order valence-electron chi connectivity index (χ3n) is 3.16. The van der Waals surface area contributed by atoms with Crippen LogP contribution in [0.15, 0.2) is 10.6 Å². The lowest BCUT2D eigenvalue weighted by atomic mass is 9.94. The molecule has 1 unspecified atom stereocenters. The average Bonchev–Trinajstić information content (AvgIpc) is 2.77. The zero-order valence-electron chi connectivity index (χ0n) is 11.5. The number of morpholine rings is 1. The maximum absolute atomic E-state index is 11.1. The molecule has 1 aromatic rings. The molecule has 0 bridgehead atoms. The van der Waals surface area contributed by atoms with Crippen LogP contribution in [0.25, 0.3) is 0 Å². The van der Waals surface area contributed by atoms with Gasteiger partial charge in [0.25, 0.3) is 0 Å². The van der Waals surface area contributed by atoms with E-state index < -0.39 is 12.0 Å². The molecule has 1 aromatic heterocycles. The monoisotopic (exact) mass is 268 g/mol. The summed E-state index contributed by atoms with van der Waals surface area (Å²) in [4.78, 5) is 17.2. The molecular formula is C13H20N2O4. The van der Waals surface area contributed by atoms with Crippen molar-refractivity contribution in [2.45, 2.75) is 38.8 Å². The molecule has 1 fully saturated rings. The topological polar surface area (TPSA) is 75.8 Å². The summed E-state index contributed by atoms with van der Waals surface area (Å²) in [7, 11) is 0. The second-order valence-electron chi connectivity index (χ2n) is 5.77. The number of carbonyl (C=O) groups is 1. The van der Waals surface area contributed by atoms with Crippen molar-refractivity contribution in [2.24, 2.45) is 0 Å². The van der Waals surface area contributed by atoms with Crippen LogP contribution < -0.4 is 0 Å². The molecule has 106 valence electrons. The van der Waals surface area contributed by atoms with Gasteiger partial charge in [-0.1, -0.05) is 20.8 Å². The molecule has 2 rings (SSSR count). The van der Waals surface area contributed by atoms with E-state index in [1.165, 1.54) is 0 Å². The molecule has 0 spiro atoms. The first-order valence-electron chi connectivity index (χ1n) is 6.37. The zero-order valence-corrected chi connectivity index (χ0v) is 11.5. The van der Waals surface area contributed by atoms with E-state index in [0.717, 1.165) is 5.76 Å². The van der Waals surface area contributed by atoms with Gasteiger partial charge in [0, 0.05) is 12.0 Å². The lowest BCUT2D eigenvalue weighted by Gasteiger charge is -2.31. The van der Waals surface area contributed by atoms with Crippen molar-refractivity contribution in [3.05, 3.63) is 17.8 Å². The van der Waals surface area contributed by atoms with Gasteiger partial charge in [0.05, 0.1) is 26.0 Å². The standard InChI is InChI=1S/C13H20N2O4/c1-13(2,3)10-6-14-11(19-10)7-15-4-5-18-8-9(15)12(16)17/h6,9H,4-5,7-8H2,1-3H3,(H,16,17). The van der Waals surface area contributed by atoms with E-state index in [1.54, 1.807) is 6.20 Å². The van der Waals surface area contributed by atoms with Crippen LogP contribution in [-0.2, 0) is 21.5 Å². The fraction of sp³-hybridized carbons (Fsp3) is 0.692. The Kier molecular flexibility index (Phi) is 3.91. The first kappa shape index (κ1) is 14.0. The number of oxazole rings is 1. The van der Waals surface area contributed by atoms with Crippen molar-refractivity contribution in [3.63, 3.8) is 0 Å². The van der Waals surface area contributed by atoms with Crippen molar-refractivity contribution in [3.8, 4) is 0 Å². The maximum Gasteiger partial charge on any atom is 0.323 e. The van der Waals surface area contributed by atoms with Crippen molar-refractivity contribution in [1.82, 2.24) is 9.88 Å². The molecule has 0 aromatic carbocycles. The molecule has 1 aliphatic heterocycles. The maximum atomic E-state index is 11.1. The minimum absolute atomic E-state index is 0.0948.